The van der Waals surface area contributed by atoms with Gasteiger partial charge in [0, 0.05) is 5.41 Å². The third kappa shape index (κ3) is 0.379. The summed E-state index contributed by atoms with van der Waals surface area (Å²) in [6.45, 7) is 0. The molecule has 0 aromatic rings. The molecule has 84 valence electrons. The second kappa shape index (κ2) is 1.92. The Morgan fingerprint density at radius 3 is 1.88 bits per heavy atom. The van der Waals surface area contributed by atoms with Crippen LogP contribution in [0.4, 0.5) is 0 Å². The van der Waals surface area contributed by atoms with Crippen molar-refractivity contribution in [2.45, 2.75) is 0 Å². The molecule has 3 nitrogen and oxygen atoms in total. The van der Waals surface area contributed by atoms with Crippen LogP contribution in [0.1, 0.15) is 0 Å². The van der Waals surface area contributed by atoms with Gasteiger partial charge in [0.05, 0.1) is 17.9 Å². The largest absolute Gasteiger partial charge is 0.469 e. The molecule has 0 amide bonds. The van der Waals surface area contributed by atoms with E-state index in [0.717, 1.165) is 0 Å². The Kier molecular flexibility index (Phi) is 1.04. The highest BCUT2D eigenvalue weighted by Crippen LogP contribution is 3.10. The van der Waals surface area contributed by atoms with Crippen LogP contribution in [0, 0.1) is 46.3 Å². The molecule has 0 unspecified atom stereocenters. The lowest BCUT2D eigenvalue weighted by Crippen LogP contribution is -3.12. The fourth-order valence-electron chi connectivity index (χ4n) is 6.79. The average Bonchev–Trinajstić information content (AvgIpc) is 2.36. The van der Waals surface area contributed by atoms with E-state index >= 15 is 0 Å². The molecule has 0 aromatic heterocycles. The summed E-state index contributed by atoms with van der Waals surface area (Å²) in [5.74, 6) is 3.61. The zero-order chi connectivity index (χ0) is 11.0. The fraction of sp³-hybridized carbons (Fsp3) is 0.833. The number of hydrogen-bond acceptors (Lipinski definition) is 3. The lowest BCUT2D eigenvalue weighted by Gasteiger charge is -3.09. The predicted octanol–water partition coefficient (Wildman–Crippen LogP) is 0.861. The van der Waals surface area contributed by atoms with E-state index in [1.54, 1.807) is 0 Å². The van der Waals surface area contributed by atoms with Gasteiger partial charge in [0.1, 0.15) is 5.78 Å². The van der Waals surface area contributed by atoms with E-state index < -0.39 is 0 Å². The lowest BCUT2D eigenvalue weighted by atomic mass is 8.92. The van der Waals surface area contributed by atoms with E-state index in [4.69, 9.17) is 4.74 Å². The summed E-state index contributed by atoms with van der Waals surface area (Å²) in [5, 5.41) is 0.494. The van der Waals surface area contributed by atoms with Gasteiger partial charge in [0.2, 0.25) is 0 Å². The van der Waals surface area contributed by atoms with Crippen LogP contribution in [0.15, 0.2) is 0 Å². The van der Waals surface area contributed by atoms with Crippen molar-refractivity contribution in [3.8, 4) is 0 Å². The number of esters is 1. The Hall–Kier alpha value is -0.380. The Morgan fingerprint density at radius 2 is 1.50 bits per heavy atom. The highest BCUT2D eigenvalue weighted by molar-refractivity contribution is 9.09. The van der Waals surface area contributed by atoms with Crippen LogP contribution in [0.3, 0.4) is 0 Å². The van der Waals surface area contributed by atoms with E-state index in [9.17, 15) is 9.59 Å². The SMILES string of the molecule is COC(=O)C12C3C4C1C1C2C3C41C(=O)CBr. The molecule has 0 aliphatic heterocycles. The summed E-state index contributed by atoms with van der Waals surface area (Å²) >= 11 is 3.29. The quantitative estimate of drug-likeness (QED) is 0.570. The summed E-state index contributed by atoms with van der Waals surface area (Å²) in [7, 11) is 1.49. The van der Waals surface area contributed by atoms with Gasteiger partial charge in [-0.2, -0.15) is 0 Å². The number of ether oxygens (including phenoxy) is 1. The predicted molar refractivity (Wildman–Crippen MR) is 56.6 cm³/mol. The van der Waals surface area contributed by atoms with Crippen LogP contribution < -0.4 is 0 Å². The number of halogens is 1. The number of ketones is 1. The van der Waals surface area contributed by atoms with Crippen molar-refractivity contribution < 1.29 is 14.3 Å². The minimum Gasteiger partial charge on any atom is -0.469 e. The van der Waals surface area contributed by atoms with Crippen LogP contribution in [0.5, 0.6) is 0 Å². The first-order valence-electron chi connectivity index (χ1n) is 5.87. The van der Waals surface area contributed by atoms with Crippen LogP contribution in [-0.4, -0.2) is 24.2 Å². The standard InChI is InChI=1S/C12H11BrO3/c1-16-10(15)12-7-4-8(12)6-9(12)5(7)11(4,6)3(14)2-13/h4-9H,2H2,1H3. The van der Waals surface area contributed by atoms with Crippen molar-refractivity contribution >= 4 is 27.7 Å². The summed E-state index contributed by atoms with van der Waals surface area (Å²) in [6.07, 6.45) is 0. The summed E-state index contributed by atoms with van der Waals surface area (Å²) in [6, 6.07) is 0. The Labute approximate surface area is 101 Å². The lowest BCUT2D eigenvalue weighted by molar-refractivity contribution is -0.625. The smallest absolute Gasteiger partial charge is 0.312 e. The van der Waals surface area contributed by atoms with Gasteiger partial charge in [-0.3, -0.25) is 9.59 Å². The van der Waals surface area contributed by atoms with Crippen molar-refractivity contribution in [2.75, 3.05) is 12.4 Å². The number of methoxy groups -OCH3 is 1. The second-order valence-electron chi connectivity index (χ2n) is 6.07. The molecule has 0 atom stereocenters. The van der Waals surface area contributed by atoms with Gasteiger partial charge in [0.25, 0.3) is 0 Å². The molecule has 6 aliphatic carbocycles. The maximum absolute atomic E-state index is 12.0. The topological polar surface area (TPSA) is 43.4 Å². The second-order valence-corrected chi connectivity index (χ2v) is 6.63. The first-order valence-corrected chi connectivity index (χ1v) is 6.99. The van der Waals surface area contributed by atoms with Crippen molar-refractivity contribution in [3.63, 3.8) is 0 Å². The number of alkyl halides is 1. The maximum atomic E-state index is 12.0. The number of hydrogen-bond donors (Lipinski definition) is 0. The minimum absolute atomic E-state index is 0.0100. The summed E-state index contributed by atoms with van der Waals surface area (Å²) in [5.41, 5.74) is -0.0532. The van der Waals surface area contributed by atoms with E-state index in [1.165, 1.54) is 7.11 Å². The van der Waals surface area contributed by atoms with Gasteiger partial charge in [-0.05, 0) is 35.5 Å². The number of Topliss-reactive ketones (excluding diaryl/α,β-unsaturated/α-hetero) is 1. The molecule has 0 aromatic carbocycles. The molecule has 0 radical (unpaired) electrons. The molecule has 0 bridgehead atoms. The minimum atomic E-state index is -0.0942. The monoisotopic (exact) mass is 282 g/mol. The van der Waals surface area contributed by atoms with Crippen LogP contribution in [0.25, 0.3) is 0 Å². The van der Waals surface area contributed by atoms with E-state index in [0.29, 0.717) is 46.6 Å². The normalized spacial score (nSPS) is 68.6. The van der Waals surface area contributed by atoms with Crippen molar-refractivity contribution in [2.24, 2.45) is 46.3 Å². The molecular weight excluding hydrogens is 272 g/mol. The van der Waals surface area contributed by atoms with Crippen molar-refractivity contribution in [1.82, 2.24) is 0 Å². The van der Waals surface area contributed by atoms with E-state index in [2.05, 4.69) is 15.9 Å². The first kappa shape index (κ1) is 8.67. The molecule has 6 saturated carbocycles. The molecule has 6 rings (SSSR count). The van der Waals surface area contributed by atoms with Crippen molar-refractivity contribution in [1.29, 1.82) is 0 Å². The first-order chi connectivity index (χ1) is 7.69. The molecule has 4 heteroatoms. The van der Waals surface area contributed by atoms with Gasteiger partial charge in [0.15, 0.2) is 0 Å². The van der Waals surface area contributed by atoms with Gasteiger partial charge in [-0.25, -0.2) is 0 Å². The Bertz CT molecular complexity index is 385. The van der Waals surface area contributed by atoms with Crippen LogP contribution in [-0.2, 0) is 14.3 Å². The molecular formula is C12H11BrO3. The molecule has 0 heterocycles. The van der Waals surface area contributed by atoms with E-state index in [1.807, 2.05) is 0 Å². The van der Waals surface area contributed by atoms with E-state index in [-0.39, 0.29) is 16.8 Å². The maximum Gasteiger partial charge on any atom is 0.312 e. The van der Waals surface area contributed by atoms with Gasteiger partial charge in [-0.15, -0.1) is 0 Å². The fourth-order valence-corrected chi connectivity index (χ4v) is 7.27. The highest BCUT2D eigenvalue weighted by atomic mass is 79.9. The number of carbonyl (C=O) groups excluding carboxylic acids is 2. The molecule has 0 N–H and O–H groups in total. The van der Waals surface area contributed by atoms with Crippen molar-refractivity contribution in [3.05, 3.63) is 0 Å². The molecule has 0 spiro atoms. The third-order valence-corrected chi connectivity index (χ3v) is 7.28. The number of carbonyl (C=O) groups is 2. The van der Waals surface area contributed by atoms with Gasteiger partial charge in [-0.1, -0.05) is 15.9 Å². The summed E-state index contributed by atoms with van der Waals surface area (Å²) in [4.78, 5) is 23.8. The van der Waals surface area contributed by atoms with Crippen LogP contribution >= 0.6 is 15.9 Å². The third-order valence-electron chi connectivity index (χ3n) is 6.77. The Morgan fingerprint density at radius 1 is 1.06 bits per heavy atom. The summed E-state index contributed by atoms with van der Waals surface area (Å²) < 4.78 is 4.95. The number of rotatable bonds is 3. The molecule has 6 fully saturated rings. The highest BCUT2D eigenvalue weighted by Gasteiger charge is 3.12. The zero-order valence-electron chi connectivity index (χ0n) is 8.77. The molecule has 0 saturated heterocycles. The molecule has 16 heavy (non-hydrogen) atoms. The van der Waals surface area contributed by atoms with Crippen LogP contribution in [0.2, 0.25) is 0 Å². The van der Waals surface area contributed by atoms with Gasteiger partial charge < -0.3 is 4.74 Å². The Balaban J connectivity index is 1.54. The molecule has 6 aliphatic rings. The zero-order valence-corrected chi connectivity index (χ0v) is 10.4. The average molecular weight is 283 g/mol. The van der Waals surface area contributed by atoms with Gasteiger partial charge >= 0.3 is 5.97 Å².